The number of nitrogens with one attached hydrogen (secondary N) is 2. The number of hydrogen-bond acceptors (Lipinski definition) is 2. The summed E-state index contributed by atoms with van der Waals surface area (Å²) in [4.78, 5) is 7.56. The molecule has 5 rings (SSSR count). The topological polar surface area (TPSA) is 51.4 Å². The van der Waals surface area contributed by atoms with E-state index in [9.17, 15) is 9.65 Å². The molecule has 0 atom stereocenters. The summed E-state index contributed by atoms with van der Waals surface area (Å²) >= 11 is 0. The van der Waals surface area contributed by atoms with E-state index in [0.29, 0.717) is 0 Å². The van der Waals surface area contributed by atoms with Gasteiger partial charge in [-0.2, -0.15) is 9.66 Å². The molecule has 0 bridgehead atoms. The number of anilines is 1. The molecule has 0 unspecified atom stereocenters. The number of rotatable bonds is 6. The number of pyridine rings is 1. The molecule has 2 aromatic carbocycles. The number of imidazole rings is 1. The van der Waals surface area contributed by atoms with Crippen molar-refractivity contribution in [3.8, 4) is 6.07 Å². The third-order valence-electron chi connectivity index (χ3n) is 7.20. The Hall–Kier alpha value is -3.43. The van der Waals surface area contributed by atoms with E-state index < -0.39 is 0 Å². The molecule has 1 aliphatic rings. The zero-order chi connectivity index (χ0) is 23.7. The summed E-state index contributed by atoms with van der Waals surface area (Å²) in [5.74, 6) is 1.05. The number of unbranched alkanes of at least 4 members (excludes halogenated alkanes) is 1. The molecular weight excluding hydrogens is 425 g/mol. The predicted octanol–water partition coefficient (Wildman–Crippen LogP) is 3.47. The maximum Gasteiger partial charge on any atom is 0.250 e. The lowest BCUT2D eigenvalue weighted by Crippen LogP contribution is -3.13. The average Bonchev–Trinajstić information content (AvgIpc) is 3.23. The Morgan fingerprint density at radius 2 is 1.85 bits per heavy atom. The molecule has 0 radical (unpaired) electrons. The van der Waals surface area contributed by atoms with Gasteiger partial charge in [0.15, 0.2) is 0 Å². The van der Waals surface area contributed by atoms with Gasteiger partial charge in [-0.25, -0.2) is 4.39 Å². The standard InChI is InChI=1S/C28H30FN5/c1-3-4-7-23-20(2)24(18-30)27-31-25-8-5-6-9-26(25)34(27)28(23)33-16-14-32(15-17-33)19-21-10-12-22(29)13-11-21/h5-6,8-13H,3-4,7,14-17,19H2,1-2H3/p+2. The maximum atomic E-state index is 13.3. The number of piperazine rings is 1. The normalized spacial score (nSPS) is 14.7. The summed E-state index contributed by atoms with van der Waals surface area (Å²) in [7, 11) is 0. The molecule has 0 amide bonds. The van der Waals surface area contributed by atoms with E-state index in [2.05, 4.69) is 52.4 Å². The second kappa shape index (κ2) is 9.44. The van der Waals surface area contributed by atoms with E-state index >= 15 is 0 Å². The number of fused-ring (bicyclic) bond motifs is 3. The van der Waals surface area contributed by atoms with Gasteiger partial charge >= 0.3 is 0 Å². The molecule has 6 heteroatoms. The molecular formula is C28H32FN5+2. The van der Waals surface area contributed by atoms with Crippen molar-refractivity contribution in [2.45, 2.75) is 39.7 Å². The molecule has 1 fully saturated rings. The largest absolute Gasteiger partial charge is 0.326 e. The third-order valence-corrected chi connectivity index (χ3v) is 7.20. The first-order valence-electron chi connectivity index (χ1n) is 12.3. The second-order valence-corrected chi connectivity index (χ2v) is 9.38. The van der Waals surface area contributed by atoms with Gasteiger partial charge in [-0.05, 0) is 49.6 Å². The van der Waals surface area contributed by atoms with Gasteiger partial charge in [0.05, 0.1) is 0 Å². The van der Waals surface area contributed by atoms with E-state index in [0.717, 1.165) is 79.8 Å². The molecule has 4 aromatic rings. The average molecular weight is 458 g/mol. The summed E-state index contributed by atoms with van der Waals surface area (Å²) in [5.41, 5.74) is 7.36. The van der Waals surface area contributed by atoms with Crippen LogP contribution in [0.3, 0.4) is 0 Å². The minimum absolute atomic E-state index is 0.181. The van der Waals surface area contributed by atoms with Crippen LogP contribution in [0.4, 0.5) is 10.2 Å². The number of H-pyrrole nitrogens is 1. The number of halogens is 1. The zero-order valence-electron chi connectivity index (χ0n) is 20.0. The lowest BCUT2D eigenvalue weighted by atomic mass is 9.99. The van der Waals surface area contributed by atoms with Gasteiger partial charge in [0.25, 0.3) is 0 Å². The molecule has 0 spiro atoms. The van der Waals surface area contributed by atoms with Crippen LogP contribution in [-0.2, 0) is 13.0 Å². The fraction of sp³-hybridized carbons (Fsp3) is 0.357. The first-order chi connectivity index (χ1) is 16.6. The number of nitrogens with zero attached hydrogens (tertiary/aromatic N) is 3. The molecule has 34 heavy (non-hydrogen) atoms. The van der Waals surface area contributed by atoms with Crippen LogP contribution in [0.1, 0.15) is 42.0 Å². The SMILES string of the molecule is CCCCc1c(C)c(C#N)c2[nH]c3ccccc3[n+]2c1N1CC[NH+](Cc2ccc(F)cc2)CC1. The summed E-state index contributed by atoms with van der Waals surface area (Å²) < 4.78 is 15.6. The Labute approximate surface area is 200 Å². The van der Waals surface area contributed by atoms with Crippen molar-refractivity contribution in [3.05, 3.63) is 76.6 Å². The van der Waals surface area contributed by atoms with E-state index in [4.69, 9.17) is 0 Å². The van der Waals surface area contributed by atoms with Gasteiger partial charge in [-0.1, -0.05) is 37.6 Å². The van der Waals surface area contributed by atoms with Gasteiger partial charge in [-0.15, -0.1) is 0 Å². The molecule has 0 aliphatic carbocycles. The second-order valence-electron chi connectivity index (χ2n) is 9.38. The van der Waals surface area contributed by atoms with Crippen molar-refractivity contribution in [2.24, 2.45) is 0 Å². The van der Waals surface area contributed by atoms with Crippen molar-refractivity contribution in [1.29, 1.82) is 5.26 Å². The zero-order valence-corrected chi connectivity index (χ0v) is 20.0. The van der Waals surface area contributed by atoms with Crippen LogP contribution in [0, 0.1) is 24.1 Å². The molecule has 2 N–H and O–H groups in total. The number of aromatic nitrogens is 2. The Morgan fingerprint density at radius 3 is 2.56 bits per heavy atom. The number of quaternary nitrogens is 1. The van der Waals surface area contributed by atoms with Gasteiger partial charge in [0.2, 0.25) is 11.5 Å². The smallest absolute Gasteiger partial charge is 0.250 e. The molecule has 5 nitrogen and oxygen atoms in total. The van der Waals surface area contributed by atoms with E-state index in [1.54, 1.807) is 12.1 Å². The van der Waals surface area contributed by atoms with Crippen molar-refractivity contribution in [3.63, 3.8) is 0 Å². The summed E-state index contributed by atoms with van der Waals surface area (Å²) in [5, 5.41) is 10.1. The fourth-order valence-electron chi connectivity index (χ4n) is 5.33. The minimum Gasteiger partial charge on any atom is -0.326 e. The third kappa shape index (κ3) is 4.01. The fourth-order valence-corrected chi connectivity index (χ4v) is 5.33. The molecule has 1 aliphatic heterocycles. The highest BCUT2D eigenvalue weighted by Crippen LogP contribution is 2.29. The Bertz CT molecular complexity index is 1360. The molecule has 2 aromatic heterocycles. The van der Waals surface area contributed by atoms with Crippen LogP contribution < -0.4 is 14.2 Å². The van der Waals surface area contributed by atoms with Crippen molar-refractivity contribution in [1.82, 2.24) is 4.98 Å². The first-order valence-corrected chi connectivity index (χ1v) is 12.3. The molecule has 1 saturated heterocycles. The van der Waals surface area contributed by atoms with Crippen LogP contribution in [0.2, 0.25) is 0 Å². The van der Waals surface area contributed by atoms with Crippen molar-refractivity contribution >= 4 is 22.5 Å². The summed E-state index contributed by atoms with van der Waals surface area (Å²) in [6.45, 7) is 9.18. The monoisotopic (exact) mass is 457 g/mol. The first kappa shape index (κ1) is 22.4. The number of benzene rings is 2. The highest BCUT2D eigenvalue weighted by molar-refractivity contribution is 5.78. The molecule has 174 valence electrons. The van der Waals surface area contributed by atoms with E-state index in [1.807, 2.05) is 18.2 Å². The van der Waals surface area contributed by atoms with Crippen molar-refractivity contribution in [2.75, 3.05) is 31.1 Å². The predicted molar refractivity (Wildman–Crippen MR) is 133 cm³/mol. The van der Waals surface area contributed by atoms with Crippen LogP contribution in [-0.4, -0.2) is 31.2 Å². The Balaban J connectivity index is 1.54. The highest BCUT2D eigenvalue weighted by atomic mass is 19.1. The van der Waals surface area contributed by atoms with Crippen LogP contribution >= 0.6 is 0 Å². The summed E-state index contributed by atoms with van der Waals surface area (Å²) in [6.07, 6.45) is 3.19. The number of nitriles is 1. The number of aromatic amines is 1. The van der Waals surface area contributed by atoms with Gasteiger partial charge in [0, 0.05) is 11.1 Å². The van der Waals surface area contributed by atoms with Crippen molar-refractivity contribution < 1.29 is 13.7 Å². The van der Waals surface area contributed by atoms with Crippen LogP contribution in [0.15, 0.2) is 48.5 Å². The van der Waals surface area contributed by atoms with Gasteiger partial charge < -0.3 is 4.90 Å². The van der Waals surface area contributed by atoms with Gasteiger partial charge in [-0.3, -0.25) is 9.88 Å². The van der Waals surface area contributed by atoms with Gasteiger partial charge in [0.1, 0.15) is 61.2 Å². The van der Waals surface area contributed by atoms with Crippen LogP contribution in [0.25, 0.3) is 16.7 Å². The minimum atomic E-state index is -0.181. The maximum absolute atomic E-state index is 13.3. The van der Waals surface area contributed by atoms with E-state index in [1.165, 1.54) is 21.8 Å². The number of para-hydroxylation sites is 2. The molecule has 3 heterocycles. The molecule has 0 saturated carbocycles. The van der Waals surface area contributed by atoms with Crippen LogP contribution in [0.5, 0.6) is 0 Å². The number of hydrogen-bond donors (Lipinski definition) is 2. The lowest BCUT2D eigenvalue weighted by molar-refractivity contribution is -0.914. The highest BCUT2D eigenvalue weighted by Gasteiger charge is 2.32. The Morgan fingerprint density at radius 1 is 1.12 bits per heavy atom. The van der Waals surface area contributed by atoms with E-state index in [-0.39, 0.29) is 5.82 Å². The Kier molecular flexibility index (Phi) is 6.21. The summed E-state index contributed by atoms with van der Waals surface area (Å²) in [6, 6.07) is 17.7. The quantitative estimate of drug-likeness (QED) is 0.436. The lowest BCUT2D eigenvalue weighted by Gasteiger charge is -2.31.